The van der Waals surface area contributed by atoms with E-state index in [4.69, 9.17) is 4.74 Å². The van der Waals surface area contributed by atoms with Crippen molar-refractivity contribution < 1.29 is 4.74 Å². The van der Waals surface area contributed by atoms with Crippen molar-refractivity contribution >= 4 is 0 Å². The molecule has 1 saturated heterocycles. The first-order valence-corrected chi connectivity index (χ1v) is 7.62. The number of aromatic nitrogens is 2. The van der Waals surface area contributed by atoms with E-state index in [1.807, 2.05) is 7.05 Å². The molecule has 1 fully saturated rings. The Balaban J connectivity index is 2.37. The second-order valence-electron chi connectivity index (χ2n) is 7.07. The molecule has 114 valence electrons. The maximum Gasteiger partial charge on any atom is 0.0681 e. The fraction of sp³-hybridized carbons (Fsp3) is 0.812. The molecule has 4 nitrogen and oxygen atoms in total. The molecule has 0 amide bonds. The molecule has 1 aromatic heterocycles. The number of nitrogens with zero attached hydrogens (tertiary/aromatic N) is 2. The number of aryl methyl sites for hydroxylation is 2. The highest BCUT2D eigenvalue weighted by molar-refractivity contribution is 5.17. The Kier molecular flexibility index (Phi) is 4.00. The lowest BCUT2D eigenvalue weighted by Gasteiger charge is -2.33. The quantitative estimate of drug-likeness (QED) is 0.920. The van der Waals surface area contributed by atoms with Crippen LogP contribution < -0.4 is 5.32 Å². The van der Waals surface area contributed by atoms with Gasteiger partial charge in [0.2, 0.25) is 0 Å². The second-order valence-corrected chi connectivity index (χ2v) is 7.07. The Bertz CT molecular complexity index is 476. The molecular formula is C16H29N3O. The fourth-order valence-electron chi connectivity index (χ4n) is 3.75. The summed E-state index contributed by atoms with van der Waals surface area (Å²) in [5, 5.41) is 8.09. The Morgan fingerprint density at radius 2 is 2.10 bits per heavy atom. The van der Waals surface area contributed by atoms with Crippen LogP contribution in [0.1, 0.15) is 58.5 Å². The van der Waals surface area contributed by atoms with Crippen molar-refractivity contribution in [1.29, 1.82) is 0 Å². The third kappa shape index (κ3) is 2.77. The molecule has 2 rings (SSSR count). The molecule has 20 heavy (non-hydrogen) atoms. The third-order valence-electron chi connectivity index (χ3n) is 4.41. The molecule has 0 radical (unpaired) electrons. The van der Waals surface area contributed by atoms with E-state index in [9.17, 15) is 0 Å². The molecule has 0 saturated carbocycles. The van der Waals surface area contributed by atoms with Gasteiger partial charge in [0.1, 0.15) is 0 Å². The summed E-state index contributed by atoms with van der Waals surface area (Å²) >= 11 is 0. The minimum absolute atomic E-state index is 0.0601. The predicted molar refractivity (Wildman–Crippen MR) is 81.8 cm³/mol. The van der Waals surface area contributed by atoms with Gasteiger partial charge >= 0.3 is 0 Å². The lowest BCUT2D eigenvalue weighted by Crippen LogP contribution is -2.38. The molecule has 2 heterocycles. The van der Waals surface area contributed by atoms with Gasteiger partial charge < -0.3 is 10.1 Å². The van der Waals surface area contributed by atoms with Gasteiger partial charge in [0.15, 0.2) is 0 Å². The van der Waals surface area contributed by atoms with Crippen LogP contribution in [0.2, 0.25) is 0 Å². The topological polar surface area (TPSA) is 39.1 Å². The van der Waals surface area contributed by atoms with E-state index < -0.39 is 0 Å². The van der Waals surface area contributed by atoms with Gasteiger partial charge in [0.25, 0.3) is 0 Å². The first kappa shape index (κ1) is 15.5. The van der Waals surface area contributed by atoms with E-state index >= 15 is 0 Å². The van der Waals surface area contributed by atoms with Crippen molar-refractivity contribution in [3.8, 4) is 0 Å². The number of ether oxygens (including phenoxy) is 1. The molecular weight excluding hydrogens is 250 g/mol. The second kappa shape index (κ2) is 5.15. The van der Waals surface area contributed by atoms with Crippen LogP contribution in [0, 0.1) is 12.8 Å². The zero-order valence-corrected chi connectivity index (χ0v) is 13.9. The summed E-state index contributed by atoms with van der Waals surface area (Å²) in [7, 11) is 2.04. The van der Waals surface area contributed by atoms with E-state index in [-0.39, 0.29) is 17.2 Å². The molecule has 2 atom stereocenters. The van der Waals surface area contributed by atoms with Crippen molar-refractivity contribution in [1.82, 2.24) is 15.1 Å². The minimum atomic E-state index is -0.131. The monoisotopic (exact) mass is 279 g/mol. The Morgan fingerprint density at radius 3 is 2.55 bits per heavy atom. The number of hydrogen-bond acceptors (Lipinski definition) is 3. The Hall–Kier alpha value is -0.870. The van der Waals surface area contributed by atoms with Crippen LogP contribution in [0.25, 0.3) is 0 Å². The summed E-state index contributed by atoms with van der Waals surface area (Å²) in [6, 6.07) is 2.47. The predicted octanol–water partition coefficient (Wildman–Crippen LogP) is 3.07. The number of rotatable bonds is 4. The molecule has 1 N–H and O–H groups in total. The highest BCUT2D eigenvalue weighted by Gasteiger charge is 2.49. The van der Waals surface area contributed by atoms with E-state index in [1.54, 1.807) is 0 Å². The van der Waals surface area contributed by atoms with E-state index in [2.05, 4.69) is 62.7 Å². The summed E-state index contributed by atoms with van der Waals surface area (Å²) in [6.45, 7) is 13.9. The van der Waals surface area contributed by atoms with Gasteiger partial charge in [-0.15, -0.1) is 0 Å². The van der Waals surface area contributed by atoms with Crippen molar-refractivity contribution in [3.05, 3.63) is 17.5 Å². The maximum atomic E-state index is 6.26. The first-order chi connectivity index (χ1) is 9.20. The van der Waals surface area contributed by atoms with Gasteiger partial charge in [0, 0.05) is 12.5 Å². The number of hydrogen-bond donors (Lipinski definition) is 1. The van der Waals surface area contributed by atoms with Crippen molar-refractivity contribution in [2.45, 2.75) is 71.8 Å². The standard InChI is InChI=1S/C16H29N3O/c1-8-19-13(9-11(2)18-19)14(17-7)12-10-15(3,4)20-16(12,5)6/h9,12,14,17H,8,10H2,1-7H3. The fourth-order valence-corrected chi connectivity index (χ4v) is 3.75. The van der Waals surface area contributed by atoms with Gasteiger partial charge in [0.05, 0.1) is 28.6 Å². The summed E-state index contributed by atoms with van der Waals surface area (Å²) in [4.78, 5) is 0. The minimum Gasteiger partial charge on any atom is -0.369 e. The molecule has 1 aliphatic heterocycles. The van der Waals surface area contributed by atoms with Crippen LogP contribution in [0.3, 0.4) is 0 Å². The Labute approximate surface area is 122 Å². The van der Waals surface area contributed by atoms with Gasteiger partial charge in [-0.05, 0) is 61.1 Å². The third-order valence-corrected chi connectivity index (χ3v) is 4.41. The van der Waals surface area contributed by atoms with Crippen LogP contribution >= 0.6 is 0 Å². The normalized spacial score (nSPS) is 25.9. The van der Waals surface area contributed by atoms with Gasteiger partial charge in [-0.25, -0.2) is 0 Å². The zero-order chi connectivity index (χ0) is 15.1. The average molecular weight is 279 g/mol. The van der Waals surface area contributed by atoms with E-state index in [0.717, 1.165) is 18.7 Å². The molecule has 2 unspecified atom stereocenters. The summed E-state index contributed by atoms with van der Waals surface area (Å²) in [5.74, 6) is 0.434. The van der Waals surface area contributed by atoms with E-state index in [0.29, 0.717) is 5.92 Å². The summed E-state index contributed by atoms with van der Waals surface area (Å²) in [5.41, 5.74) is 2.16. The molecule has 0 aliphatic carbocycles. The average Bonchev–Trinajstić information content (AvgIpc) is 2.78. The highest BCUT2D eigenvalue weighted by Crippen LogP contribution is 2.47. The molecule has 1 aliphatic rings. The summed E-state index contributed by atoms with van der Waals surface area (Å²) in [6.07, 6.45) is 1.06. The largest absolute Gasteiger partial charge is 0.369 e. The Morgan fingerprint density at radius 1 is 1.45 bits per heavy atom. The molecule has 4 heteroatoms. The van der Waals surface area contributed by atoms with Crippen molar-refractivity contribution in [2.75, 3.05) is 7.05 Å². The SMILES string of the molecule is CCn1nc(C)cc1C(NC)C1CC(C)(C)OC1(C)C. The molecule has 0 bridgehead atoms. The maximum absolute atomic E-state index is 6.26. The zero-order valence-electron chi connectivity index (χ0n) is 13.9. The van der Waals surface area contributed by atoms with Gasteiger partial charge in [-0.1, -0.05) is 0 Å². The number of nitrogens with one attached hydrogen (secondary N) is 1. The van der Waals surface area contributed by atoms with Crippen LogP contribution in [0.5, 0.6) is 0 Å². The highest BCUT2D eigenvalue weighted by atomic mass is 16.5. The van der Waals surface area contributed by atoms with Crippen LogP contribution in [-0.2, 0) is 11.3 Å². The van der Waals surface area contributed by atoms with Crippen LogP contribution in [0.4, 0.5) is 0 Å². The van der Waals surface area contributed by atoms with Gasteiger partial charge in [-0.3, -0.25) is 4.68 Å². The summed E-state index contributed by atoms with van der Waals surface area (Å²) < 4.78 is 8.37. The van der Waals surface area contributed by atoms with Crippen molar-refractivity contribution in [2.24, 2.45) is 5.92 Å². The first-order valence-electron chi connectivity index (χ1n) is 7.62. The molecule has 1 aromatic rings. The van der Waals surface area contributed by atoms with Gasteiger partial charge in [-0.2, -0.15) is 5.10 Å². The van der Waals surface area contributed by atoms with E-state index in [1.165, 1.54) is 5.69 Å². The lowest BCUT2D eigenvalue weighted by molar-refractivity contribution is -0.0779. The van der Waals surface area contributed by atoms with Crippen LogP contribution in [0.15, 0.2) is 6.07 Å². The lowest BCUT2D eigenvalue weighted by atomic mass is 9.80. The molecule has 0 aromatic carbocycles. The van der Waals surface area contributed by atoms with Crippen molar-refractivity contribution in [3.63, 3.8) is 0 Å². The smallest absolute Gasteiger partial charge is 0.0681 e. The molecule has 0 spiro atoms. The van der Waals surface area contributed by atoms with Crippen LogP contribution in [-0.4, -0.2) is 28.0 Å².